The Morgan fingerprint density at radius 2 is 2.04 bits per heavy atom. The van der Waals surface area contributed by atoms with Crippen molar-refractivity contribution in [1.29, 1.82) is 0 Å². The summed E-state index contributed by atoms with van der Waals surface area (Å²) in [6.07, 6.45) is 0. The van der Waals surface area contributed by atoms with Crippen LogP contribution in [0.15, 0.2) is 42.5 Å². The van der Waals surface area contributed by atoms with Crippen molar-refractivity contribution in [1.82, 2.24) is 14.9 Å². The van der Waals surface area contributed by atoms with Crippen molar-refractivity contribution in [3.05, 3.63) is 54.1 Å². The molecule has 6 nitrogen and oxygen atoms in total. The number of hydrogen-bond donors (Lipinski definition) is 2. The molecular weight excluding hydrogens is 323 g/mol. The number of benzene rings is 2. The van der Waals surface area contributed by atoms with Gasteiger partial charge in [-0.3, -0.25) is 0 Å². The number of carbonyl (C=O) groups is 1. The van der Waals surface area contributed by atoms with Crippen molar-refractivity contribution >= 4 is 22.8 Å². The first-order chi connectivity index (χ1) is 12.0. The molecule has 25 heavy (non-hydrogen) atoms. The Bertz CT molecular complexity index is 876. The van der Waals surface area contributed by atoms with Gasteiger partial charge in [0.05, 0.1) is 24.2 Å². The van der Waals surface area contributed by atoms with Crippen LogP contribution < -0.4 is 10.1 Å². The number of aromatic amines is 1. The van der Waals surface area contributed by atoms with E-state index in [-0.39, 0.29) is 18.4 Å². The SMILES string of the molecule is CCOc1ccc(NC(=O)N(C)Cc2nc3ccc(F)cc3[nH]2)cc1. The molecule has 1 aromatic heterocycles. The highest BCUT2D eigenvalue weighted by Crippen LogP contribution is 2.17. The number of fused-ring (bicyclic) bond motifs is 1. The molecule has 1 heterocycles. The van der Waals surface area contributed by atoms with Crippen LogP contribution in [0.25, 0.3) is 11.0 Å². The van der Waals surface area contributed by atoms with Gasteiger partial charge in [0.15, 0.2) is 0 Å². The summed E-state index contributed by atoms with van der Waals surface area (Å²) >= 11 is 0. The van der Waals surface area contributed by atoms with Crippen molar-refractivity contribution in [2.24, 2.45) is 0 Å². The molecule has 0 saturated carbocycles. The standard InChI is InChI=1S/C18H19FN4O2/c1-3-25-14-7-5-13(6-8-14)20-18(24)23(2)11-17-21-15-9-4-12(19)10-16(15)22-17/h4-10H,3,11H2,1-2H3,(H,20,24)(H,21,22). The average molecular weight is 342 g/mol. The quantitative estimate of drug-likeness (QED) is 0.741. The van der Waals surface area contributed by atoms with Gasteiger partial charge in [0.1, 0.15) is 17.4 Å². The van der Waals surface area contributed by atoms with E-state index in [0.29, 0.717) is 29.2 Å². The maximum absolute atomic E-state index is 13.2. The summed E-state index contributed by atoms with van der Waals surface area (Å²) in [6.45, 7) is 2.78. The molecular formula is C18H19FN4O2. The number of nitrogens with one attached hydrogen (secondary N) is 2. The van der Waals surface area contributed by atoms with Gasteiger partial charge in [-0.15, -0.1) is 0 Å². The van der Waals surface area contributed by atoms with Crippen molar-refractivity contribution in [2.75, 3.05) is 19.0 Å². The van der Waals surface area contributed by atoms with Gasteiger partial charge in [-0.05, 0) is 49.4 Å². The molecule has 0 saturated heterocycles. The highest BCUT2D eigenvalue weighted by Gasteiger charge is 2.12. The lowest BCUT2D eigenvalue weighted by Gasteiger charge is -2.16. The number of aromatic nitrogens is 2. The van der Waals surface area contributed by atoms with E-state index in [0.717, 1.165) is 5.75 Å². The number of halogens is 1. The number of amides is 2. The van der Waals surface area contributed by atoms with E-state index in [1.807, 2.05) is 6.92 Å². The second-order valence-corrected chi connectivity index (χ2v) is 5.59. The van der Waals surface area contributed by atoms with E-state index in [9.17, 15) is 9.18 Å². The highest BCUT2D eigenvalue weighted by atomic mass is 19.1. The first-order valence-electron chi connectivity index (χ1n) is 7.94. The maximum atomic E-state index is 13.2. The van der Waals surface area contributed by atoms with Crippen LogP contribution in [-0.4, -0.2) is 34.6 Å². The van der Waals surface area contributed by atoms with Crippen LogP contribution in [0.1, 0.15) is 12.7 Å². The summed E-state index contributed by atoms with van der Waals surface area (Å²) in [7, 11) is 1.66. The third kappa shape index (κ3) is 4.06. The molecule has 0 fully saturated rings. The lowest BCUT2D eigenvalue weighted by atomic mass is 10.3. The van der Waals surface area contributed by atoms with Crippen molar-refractivity contribution in [3.8, 4) is 5.75 Å². The van der Waals surface area contributed by atoms with Gasteiger partial charge in [0.25, 0.3) is 0 Å². The summed E-state index contributed by atoms with van der Waals surface area (Å²) in [5.41, 5.74) is 1.94. The van der Waals surface area contributed by atoms with E-state index < -0.39 is 0 Å². The monoisotopic (exact) mass is 342 g/mol. The fourth-order valence-corrected chi connectivity index (χ4v) is 2.43. The van der Waals surface area contributed by atoms with Gasteiger partial charge in [0, 0.05) is 12.7 Å². The molecule has 2 amide bonds. The molecule has 2 N–H and O–H groups in total. The number of H-pyrrole nitrogens is 1. The fourth-order valence-electron chi connectivity index (χ4n) is 2.43. The van der Waals surface area contributed by atoms with Crippen LogP contribution in [0.5, 0.6) is 5.75 Å². The molecule has 0 aliphatic rings. The molecule has 0 radical (unpaired) electrons. The number of imidazole rings is 1. The van der Waals surface area contributed by atoms with Crippen LogP contribution in [0.2, 0.25) is 0 Å². The fraction of sp³-hybridized carbons (Fsp3) is 0.222. The van der Waals surface area contributed by atoms with Crippen LogP contribution in [0.4, 0.5) is 14.9 Å². The minimum atomic E-state index is -0.329. The Hall–Kier alpha value is -3.09. The highest BCUT2D eigenvalue weighted by molar-refractivity contribution is 5.89. The molecule has 3 rings (SSSR count). The van der Waals surface area contributed by atoms with Crippen molar-refractivity contribution in [3.63, 3.8) is 0 Å². The molecule has 0 bridgehead atoms. The molecule has 2 aromatic carbocycles. The topological polar surface area (TPSA) is 70.2 Å². The second kappa shape index (κ2) is 7.21. The molecule has 0 aliphatic heterocycles. The van der Waals surface area contributed by atoms with Gasteiger partial charge >= 0.3 is 6.03 Å². The second-order valence-electron chi connectivity index (χ2n) is 5.59. The van der Waals surface area contributed by atoms with Crippen molar-refractivity contribution < 1.29 is 13.9 Å². The van der Waals surface area contributed by atoms with E-state index in [1.54, 1.807) is 37.4 Å². The molecule has 0 spiro atoms. The predicted molar refractivity (Wildman–Crippen MR) is 94.1 cm³/mol. The largest absolute Gasteiger partial charge is 0.494 e. The number of carbonyl (C=O) groups excluding carboxylic acids is 1. The number of rotatable bonds is 5. The first-order valence-corrected chi connectivity index (χ1v) is 7.94. The minimum Gasteiger partial charge on any atom is -0.494 e. The predicted octanol–water partition coefficient (Wildman–Crippen LogP) is 3.76. The average Bonchev–Trinajstić information content (AvgIpc) is 2.98. The number of nitrogens with zero attached hydrogens (tertiary/aromatic N) is 2. The lowest BCUT2D eigenvalue weighted by Crippen LogP contribution is -2.31. The third-order valence-electron chi connectivity index (χ3n) is 3.64. The number of urea groups is 1. The molecule has 0 unspecified atom stereocenters. The lowest BCUT2D eigenvalue weighted by molar-refractivity contribution is 0.219. The zero-order valence-electron chi connectivity index (χ0n) is 14.0. The Morgan fingerprint density at radius 3 is 2.76 bits per heavy atom. The summed E-state index contributed by atoms with van der Waals surface area (Å²) < 4.78 is 18.6. The van der Waals surface area contributed by atoms with Crippen molar-refractivity contribution in [2.45, 2.75) is 13.5 Å². The smallest absolute Gasteiger partial charge is 0.321 e. The zero-order chi connectivity index (χ0) is 17.8. The van der Waals surface area contributed by atoms with Gasteiger partial charge in [-0.1, -0.05) is 0 Å². The van der Waals surface area contributed by atoms with E-state index >= 15 is 0 Å². The number of anilines is 1. The van der Waals surface area contributed by atoms with Crippen LogP contribution in [-0.2, 0) is 6.54 Å². The van der Waals surface area contributed by atoms with Crippen LogP contribution >= 0.6 is 0 Å². The van der Waals surface area contributed by atoms with E-state index in [4.69, 9.17) is 4.74 Å². The third-order valence-corrected chi connectivity index (χ3v) is 3.64. The molecule has 0 aliphatic carbocycles. The summed E-state index contributed by atoms with van der Waals surface area (Å²) in [6, 6.07) is 11.2. The Balaban J connectivity index is 1.63. The van der Waals surface area contributed by atoms with E-state index in [2.05, 4.69) is 15.3 Å². The van der Waals surface area contributed by atoms with Gasteiger partial charge in [0.2, 0.25) is 0 Å². The Kier molecular flexibility index (Phi) is 4.83. The Morgan fingerprint density at radius 1 is 1.28 bits per heavy atom. The molecule has 7 heteroatoms. The van der Waals surface area contributed by atoms with E-state index in [1.165, 1.54) is 17.0 Å². The first kappa shape index (κ1) is 16.8. The van der Waals surface area contributed by atoms with Crippen LogP contribution in [0, 0.1) is 5.82 Å². The molecule has 3 aromatic rings. The number of hydrogen-bond acceptors (Lipinski definition) is 3. The number of ether oxygens (including phenoxy) is 1. The summed E-state index contributed by atoms with van der Waals surface area (Å²) in [5, 5.41) is 2.80. The van der Waals surface area contributed by atoms with Gasteiger partial charge in [-0.25, -0.2) is 14.2 Å². The van der Waals surface area contributed by atoms with Gasteiger partial charge in [-0.2, -0.15) is 0 Å². The summed E-state index contributed by atoms with van der Waals surface area (Å²) in [5.74, 6) is 1.01. The molecule has 130 valence electrons. The maximum Gasteiger partial charge on any atom is 0.321 e. The summed E-state index contributed by atoms with van der Waals surface area (Å²) in [4.78, 5) is 21.1. The minimum absolute atomic E-state index is 0.268. The normalized spacial score (nSPS) is 10.7. The van der Waals surface area contributed by atoms with Crippen LogP contribution in [0.3, 0.4) is 0 Å². The Labute approximate surface area is 144 Å². The van der Waals surface area contributed by atoms with Gasteiger partial charge < -0.3 is 19.9 Å². The zero-order valence-corrected chi connectivity index (χ0v) is 14.0. The molecule has 0 atom stereocenters.